The first-order chi connectivity index (χ1) is 13.8. The first-order valence-electron chi connectivity index (χ1n) is 9.14. The predicted octanol–water partition coefficient (Wildman–Crippen LogP) is 3.60. The van der Waals surface area contributed by atoms with Gasteiger partial charge in [0.15, 0.2) is 0 Å². The molecule has 0 radical (unpaired) electrons. The van der Waals surface area contributed by atoms with Crippen LogP contribution in [-0.4, -0.2) is 47.7 Å². The van der Waals surface area contributed by atoms with Gasteiger partial charge in [-0.3, -0.25) is 0 Å². The topological polar surface area (TPSA) is 102 Å². The zero-order chi connectivity index (χ0) is 21.4. The SMILES string of the molecule is CN(C)CCCC1(C#N)c2ccccc2CSc2ccccc21.O=C(O)C(=O)O. The van der Waals surface area contributed by atoms with E-state index >= 15 is 0 Å². The van der Waals surface area contributed by atoms with Crippen LogP contribution in [0.2, 0.25) is 0 Å². The molecule has 0 saturated heterocycles. The van der Waals surface area contributed by atoms with E-state index in [-0.39, 0.29) is 0 Å². The van der Waals surface area contributed by atoms with Gasteiger partial charge in [-0.1, -0.05) is 42.5 Å². The number of thioether (sulfide) groups is 1. The molecule has 0 saturated carbocycles. The number of aliphatic carboxylic acids is 2. The largest absolute Gasteiger partial charge is 0.473 e. The summed E-state index contributed by atoms with van der Waals surface area (Å²) in [4.78, 5) is 21.6. The first-order valence-corrected chi connectivity index (χ1v) is 10.1. The molecule has 6 nitrogen and oxygen atoms in total. The molecule has 0 amide bonds. The summed E-state index contributed by atoms with van der Waals surface area (Å²) in [7, 11) is 4.17. The third kappa shape index (κ3) is 5.37. The average molecular weight is 413 g/mol. The lowest BCUT2D eigenvalue weighted by molar-refractivity contribution is -0.159. The van der Waals surface area contributed by atoms with E-state index in [1.807, 2.05) is 11.8 Å². The highest BCUT2D eigenvalue weighted by molar-refractivity contribution is 7.98. The second kappa shape index (κ2) is 10.1. The molecule has 0 spiro atoms. The molecule has 2 aromatic carbocycles. The Balaban J connectivity index is 0.000000438. The summed E-state index contributed by atoms with van der Waals surface area (Å²) >= 11 is 1.85. The number of benzene rings is 2. The van der Waals surface area contributed by atoms with Gasteiger partial charge in [-0.2, -0.15) is 5.26 Å². The van der Waals surface area contributed by atoms with Crippen molar-refractivity contribution >= 4 is 23.7 Å². The van der Waals surface area contributed by atoms with Gasteiger partial charge in [0, 0.05) is 10.6 Å². The lowest BCUT2D eigenvalue weighted by atomic mass is 9.71. The van der Waals surface area contributed by atoms with Crippen molar-refractivity contribution in [2.24, 2.45) is 0 Å². The van der Waals surface area contributed by atoms with E-state index in [1.54, 1.807) is 0 Å². The smallest absolute Gasteiger partial charge is 0.414 e. The summed E-state index contributed by atoms with van der Waals surface area (Å²) in [6.45, 7) is 1.00. The van der Waals surface area contributed by atoms with Crippen molar-refractivity contribution in [3.05, 3.63) is 65.2 Å². The molecule has 3 rings (SSSR count). The molecule has 1 unspecified atom stereocenters. The average Bonchev–Trinajstić information content (AvgIpc) is 2.84. The van der Waals surface area contributed by atoms with Gasteiger partial charge in [0.25, 0.3) is 0 Å². The molecule has 0 fully saturated rings. The lowest BCUT2D eigenvalue weighted by Crippen LogP contribution is -2.28. The number of fused-ring (bicyclic) bond motifs is 2. The van der Waals surface area contributed by atoms with Crippen molar-refractivity contribution in [1.82, 2.24) is 4.90 Å². The highest BCUT2D eigenvalue weighted by Gasteiger charge is 2.39. The molecule has 0 aromatic heterocycles. The lowest BCUT2D eigenvalue weighted by Gasteiger charge is -2.30. The van der Waals surface area contributed by atoms with E-state index < -0.39 is 17.4 Å². The molecule has 2 N–H and O–H groups in total. The maximum absolute atomic E-state index is 10.3. The normalized spacial score (nSPS) is 17.0. The standard InChI is InChI=1S/C20H22N2S.C2H2O4/c1-22(2)13-7-12-20(15-21)17-9-4-3-8-16(17)14-23-19-11-6-5-10-18(19)20;3-1(4)2(5)6/h3-6,8-11H,7,12-14H2,1-2H3;(H,3,4)(H,5,6). The Bertz CT molecular complexity index is 862. The minimum atomic E-state index is -1.82. The minimum Gasteiger partial charge on any atom is -0.473 e. The van der Waals surface area contributed by atoms with Gasteiger partial charge in [0.05, 0.1) is 6.07 Å². The molecular formula is C22H24N2O4S. The van der Waals surface area contributed by atoms with Crippen molar-refractivity contribution in [1.29, 1.82) is 5.26 Å². The Hall–Kier alpha value is -2.82. The molecular weight excluding hydrogens is 388 g/mol. The third-order valence-corrected chi connectivity index (χ3v) is 5.86. The first kappa shape index (κ1) is 22.5. The number of nitriles is 1. The fourth-order valence-corrected chi connectivity index (χ4v) is 4.55. The molecule has 0 bridgehead atoms. The van der Waals surface area contributed by atoms with Gasteiger partial charge in [0.2, 0.25) is 0 Å². The number of nitrogens with zero attached hydrogens (tertiary/aromatic N) is 2. The van der Waals surface area contributed by atoms with Gasteiger partial charge in [-0.05, 0) is 56.2 Å². The Kier molecular flexibility index (Phi) is 7.82. The van der Waals surface area contributed by atoms with Crippen LogP contribution in [-0.2, 0) is 20.8 Å². The maximum atomic E-state index is 10.3. The molecule has 0 aliphatic carbocycles. The van der Waals surface area contributed by atoms with E-state index in [0.29, 0.717) is 0 Å². The van der Waals surface area contributed by atoms with Crippen LogP contribution in [0, 0.1) is 11.3 Å². The monoisotopic (exact) mass is 412 g/mol. The van der Waals surface area contributed by atoms with E-state index in [4.69, 9.17) is 19.8 Å². The van der Waals surface area contributed by atoms with E-state index in [1.165, 1.54) is 21.6 Å². The number of hydrogen-bond acceptors (Lipinski definition) is 5. The van der Waals surface area contributed by atoms with E-state index in [2.05, 4.69) is 73.6 Å². The summed E-state index contributed by atoms with van der Waals surface area (Å²) in [6, 6.07) is 19.6. The Morgan fingerprint density at radius 3 is 2.24 bits per heavy atom. The van der Waals surface area contributed by atoms with Gasteiger partial charge < -0.3 is 15.1 Å². The molecule has 2 aromatic rings. The maximum Gasteiger partial charge on any atom is 0.414 e. The molecule has 1 heterocycles. The highest BCUT2D eigenvalue weighted by Crippen LogP contribution is 2.46. The fourth-order valence-electron chi connectivity index (χ4n) is 3.41. The van der Waals surface area contributed by atoms with Crippen LogP contribution >= 0.6 is 11.8 Å². The number of rotatable bonds is 4. The van der Waals surface area contributed by atoms with Gasteiger partial charge >= 0.3 is 11.9 Å². The molecule has 1 atom stereocenters. The number of carboxylic acids is 2. The second-order valence-corrected chi connectivity index (χ2v) is 7.99. The third-order valence-electron chi connectivity index (χ3n) is 4.74. The molecule has 1 aliphatic heterocycles. The second-order valence-electron chi connectivity index (χ2n) is 6.98. The summed E-state index contributed by atoms with van der Waals surface area (Å²) in [5.74, 6) is -2.71. The van der Waals surface area contributed by atoms with Gasteiger partial charge in [-0.15, -0.1) is 11.8 Å². The van der Waals surface area contributed by atoms with E-state index in [9.17, 15) is 5.26 Å². The van der Waals surface area contributed by atoms with Crippen molar-refractivity contribution in [2.75, 3.05) is 20.6 Å². The number of hydrogen-bond donors (Lipinski definition) is 2. The minimum absolute atomic E-state index is 0.535. The summed E-state index contributed by atoms with van der Waals surface area (Å²) in [5, 5.41) is 25.0. The van der Waals surface area contributed by atoms with Crippen LogP contribution in [0.5, 0.6) is 0 Å². The number of carbonyl (C=O) groups is 2. The molecule has 152 valence electrons. The zero-order valence-electron chi connectivity index (χ0n) is 16.5. The summed E-state index contributed by atoms with van der Waals surface area (Å²) in [5.41, 5.74) is 3.13. The Morgan fingerprint density at radius 1 is 1.07 bits per heavy atom. The van der Waals surface area contributed by atoms with Gasteiger partial charge in [0.1, 0.15) is 5.41 Å². The van der Waals surface area contributed by atoms with Crippen molar-refractivity contribution in [2.45, 2.75) is 28.9 Å². The van der Waals surface area contributed by atoms with Crippen molar-refractivity contribution in [3.8, 4) is 6.07 Å². The summed E-state index contributed by atoms with van der Waals surface area (Å²) < 4.78 is 0. The van der Waals surface area contributed by atoms with Crippen LogP contribution in [0.4, 0.5) is 0 Å². The van der Waals surface area contributed by atoms with E-state index in [0.717, 1.165) is 25.1 Å². The highest BCUT2D eigenvalue weighted by atomic mass is 32.2. The zero-order valence-corrected chi connectivity index (χ0v) is 17.3. The quantitative estimate of drug-likeness (QED) is 0.740. The van der Waals surface area contributed by atoms with Crippen LogP contribution in [0.1, 0.15) is 29.5 Å². The van der Waals surface area contributed by atoms with Gasteiger partial charge in [-0.25, -0.2) is 9.59 Å². The molecule has 29 heavy (non-hydrogen) atoms. The Labute approximate surface area is 174 Å². The van der Waals surface area contributed by atoms with Crippen LogP contribution in [0.3, 0.4) is 0 Å². The predicted molar refractivity (Wildman–Crippen MR) is 112 cm³/mol. The summed E-state index contributed by atoms with van der Waals surface area (Å²) in [6.07, 6.45) is 1.87. The van der Waals surface area contributed by atoms with Crippen molar-refractivity contribution < 1.29 is 19.8 Å². The van der Waals surface area contributed by atoms with Crippen LogP contribution in [0.15, 0.2) is 53.4 Å². The molecule has 1 aliphatic rings. The Morgan fingerprint density at radius 2 is 1.66 bits per heavy atom. The van der Waals surface area contributed by atoms with Crippen LogP contribution in [0.25, 0.3) is 0 Å². The van der Waals surface area contributed by atoms with Crippen molar-refractivity contribution in [3.63, 3.8) is 0 Å². The number of carboxylic acid groups (broad SMARTS) is 2. The van der Waals surface area contributed by atoms with Crippen LogP contribution < -0.4 is 0 Å². The molecule has 7 heteroatoms. The fraction of sp³-hybridized carbons (Fsp3) is 0.318.